The van der Waals surface area contributed by atoms with Gasteiger partial charge in [-0.15, -0.1) is 0 Å². The molecule has 0 aromatic carbocycles. The SMILES string of the molecule is CC(C)C1=C(C(C)C)C(C(C)C)(C(C)C)CCC1. The van der Waals surface area contributed by atoms with Gasteiger partial charge in [0.1, 0.15) is 0 Å². The number of rotatable bonds is 4. The Bertz CT molecular complexity index is 294. The first-order chi connectivity index (χ1) is 8.25. The largest absolute Gasteiger partial charge is 0.0676 e. The van der Waals surface area contributed by atoms with Gasteiger partial charge < -0.3 is 0 Å². The van der Waals surface area contributed by atoms with Crippen LogP contribution in [0.5, 0.6) is 0 Å². The molecule has 0 bridgehead atoms. The molecule has 0 fully saturated rings. The zero-order valence-corrected chi connectivity index (χ0v) is 13.9. The van der Waals surface area contributed by atoms with E-state index in [9.17, 15) is 0 Å². The molecule has 0 spiro atoms. The zero-order chi connectivity index (χ0) is 14.1. The van der Waals surface area contributed by atoms with Gasteiger partial charge in [-0.25, -0.2) is 0 Å². The topological polar surface area (TPSA) is 0 Å². The Morgan fingerprint density at radius 3 is 1.61 bits per heavy atom. The van der Waals surface area contributed by atoms with E-state index < -0.39 is 0 Å². The maximum atomic E-state index is 2.44. The summed E-state index contributed by atoms with van der Waals surface area (Å²) >= 11 is 0. The zero-order valence-electron chi connectivity index (χ0n) is 13.9. The third-order valence-electron chi connectivity index (χ3n) is 5.22. The maximum absolute atomic E-state index is 2.44. The van der Waals surface area contributed by atoms with Crippen molar-refractivity contribution in [1.29, 1.82) is 0 Å². The van der Waals surface area contributed by atoms with E-state index in [2.05, 4.69) is 55.4 Å². The highest BCUT2D eigenvalue weighted by atomic mass is 14.5. The second kappa shape index (κ2) is 5.80. The molecule has 0 aromatic heterocycles. The molecule has 0 saturated heterocycles. The van der Waals surface area contributed by atoms with Crippen LogP contribution in [0.25, 0.3) is 0 Å². The lowest BCUT2D eigenvalue weighted by Crippen LogP contribution is -2.40. The fraction of sp³-hybridized carbons (Fsp3) is 0.889. The number of hydrogen-bond acceptors (Lipinski definition) is 0. The highest BCUT2D eigenvalue weighted by molar-refractivity contribution is 5.29. The molecule has 0 unspecified atom stereocenters. The molecule has 1 rings (SSSR count). The lowest BCUT2D eigenvalue weighted by molar-refractivity contribution is 0.116. The van der Waals surface area contributed by atoms with Gasteiger partial charge in [-0.2, -0.15) is 0 Å². The van der Waals surface area contributed by atoms with Crippen molar-refractivity contribution in [3.63, 3.8) is 0 Å². The first kappa shape index (κ1) is 15.8. The van der Waals surface area contributed by atoms with Gasteiger partial charge >= 0.3 is 0 Å². The van der Waals surface area contributed by atoms with Crippen molar-refractivity contribution in [1.82, 2.24) is 0 Å². The van der Waals surface area contributed by atoms with Crippen LogP contribution in [0.15, 0.2) is 11.1 Å². The lowest BCUT2D eigenvalue weighted by atomic mass is 9.55. The second-order valence-electron chi connectivity index (χ2n) is 7.45. The van der Waals surface area contributed by atoms with Crippen LogP contribution in [0.2, 0.25) is 0 Å². The molecule has 106 valence electrons. The summed E-state index contributed by atoms with van der Waals surface area (Å²) in [5, 5.41) is 0. The van der Waals surface area contributed by atoms with Crippen LogP contribution < -0.4 is 0 Å². The van der Waals surface area contributed by atoms with E-state index in [0.29, 0.717) is 11.3 Å². The predicted octanol–water partition coefficient (Wildman–Crippen LogP) is 6.08. The smallest absolute Gasteiger partial charge is 0.00367 e. The van der Waals surface area contributed by atoms with Crippen LogP contribution in [-0.4, -0.2) is 0 Å². The van der Waals surface area contributed by atoms with Crippen LogP contribution in [-0.2, 0) is 0 Å². The van der Waals surface area contributed by atoms with E-state index in [4.69, 9.17) is 0 Å². The minimum absolute atomic E-state index is 0.450. The molecule has 1 aliphatic rings. The van der Waals surface area contributed by atoms with Gasteiger partial charge in [0.2, 0.25) is 0 Å². The van der Waals surface area contributed by atoms with Gasteiger partial charge in [0.05, 0.1) is 0 Å². The van der Waals surface area contributed by atoms with Gasteiger partial charge in [0.25, 0.3) is 0 Å². The molecular formula is C18H34. The van der Waals surface area contributed by atoms with Crippen LogP contribution >= 0.6 is 0 Å². The minimum atomic E-state index is 0.450. The van der Waals surface area contributed by atoms with Crippen molar-refractivity contribution in [3.8, 4) is 0 Å². The Hall–Kier alpha value is -0.260. The van der Waals surface area contributed by atoms with Crippen molar-refractivity contribution in [2.24, 2.45) is 29.1 Å². The normalized spacial score (nSPS) is 20.7. The number of hydrogen-bond donors (Lipinski definition) is 0. The molecule has 0 heteroatoms. The Morgan fingerprint density at radius 2 is 1.28 bits per heavy atom. The van der Waals surface area contributed by atoms with E-state index >= 15 is 0 Å². The molecule has 0 heterocycles. The van der Waals surface area contributed by atoms with E-state index in [1.165, 1.54) is 19.3 Å². The highest BCUT2D eigenvalue weighted by Crippen LogP contribution is 2.54. The molecule has 0 aromatic rings. The molecule has 0 saturated carbocycles. The number of allylic oxidation sites excluding steroid dienone is 2. The summed E-state index contributed by atoms with van der Waals surface area (Å²) in [4.78, 5) is 0. The summed E-state index contributed by atoms with van der Waals surface area (Å²) in [6.45, 7) is 19.3. The average Bonchev–Trinajstić information content (AvgIpc) is 2.26. The van der Waals surface area contributed by atoms with E-state index in [1.54, 1.807) is 5.57 Å². The van der Waals surface area contributed by atoms with Crippen molar-refractivity contribution in [2.45, 2.75) is 74.7 Å². The molecule has 0 atom stereocenters. The van der Waals surface area contributed by atoms with Gasteiger partial charge in [0.15, 0.2) is 0 Å². The first-order valence-corrected chi connectivity index (χ1v) is 7.98. The van der Waals surface area contributed by atoms with Gasteiger partial charge in [0, 0.05) is 0 Å². The minimum Gasteiger partial charge on any atom is -0.0676 e. The second-order valence-corrected chi connectivity index (χ2v) is 7.45. The first-order valence-electron chi connectivity index (χ1n) is 7.98. The third-order valence-corrected chi connectivity index (χ3v) is 5.22. The Morgan fingerprint density at radius 1 is 0.778 bits per heavy atom. The molecule has 1 aliphatic carbocycles. The molecule has 18 heavy (non-hydrogen) atoms. The average molecular weight is 250 g/mol. The van der Waals surface area contributed by atoms with Crippen molar-refractivity contribution >= 4 is 0 Å². The molecule has 0 N–H and O–H groups in total. The van der Waals surface area contributed by atoms with Crippen molar-refractivity contribution in [2.75, 3.05) is 0 Å². The predicted molar refractivity (Wildman–Crippen MR) is 82.7 cm³/mol. The molecule has 0 aliphatic heterocycles. The van der Waals surface area contributed by atoms with Gasteiger partial charge in [-0.05, 0) is 48.3 Å². The van der Waals surface area contributed by atoms with Crippen LogP contribution in [0.1, 0.15) is 74.7 Å². The highest BCUT2D eigenvalue weighted by Gasteiger charge is 2.44. The van der Waals surface area contributed by atoms with Crippen LogP contribution in [0, 0.1) is 29.1 Å². The van der Waals surface area contributed by atoms with Crippen molar-refractivity contribution in [3.05, 3.63) is 11.1 Å². The summed E-state index contributed by atoms with van der Waals surface area (Å²) in [6.07, 6.45) is 4.12. The summed E-state index contributed by atoms with van der Waals surface area (Å²) in [5.74, 6) is 2.93. The fourth-order valence-electron chi connectivity index (χ4n) is 4.51. The third kappa shape index (κ3) is 2.53. The summed E-state index contributed by atoms with van der Waals surface area (Å²) in [6, 6.07) is 0. The van der Waals surface area contributed by atoms with E-state index in [-0.39, 0.29) is 0 Å². The molecule has 0 nitrogen and oxygen atoms in total. The van der Waals surface area contributed by atoms with Crippen molar-refractivity contribution < 1.29 is 0 Å². The lowest BCUT2D eigenvalue weighted by Gasteiger charge is -2.50. The summed E-state index contributed by atoms with van der Waals surface area (Å²) in [5.41, 5.74) is 4.04. The van der Waals surface area contributed by atoms with Crippen LogP contribution in [0.4, 0.5) is 0 Å². The Kier molecular flexibility index (Phi) is 5.09. The van der Waals surface area contributed by atoms with Gasteiger partial charge in [-0.3, -0.25) is 0 Å². The Labute approximate surface area is 115 Å². The molecule has 0 radical (unpaired) electrons. The fourth-order valence-corrected chi connectivity index (χ4v) is 4.51. The molecular weight excluding hydrogens is 216 g/mol. The quantitative estimate of drug-likeness (QED) is 0.531. The Balaban J connectivity index is 3.44. The molecule has 0 amide bonds. The summed E-state index contributed by atoms with van der Waals surface area (Å²) in [7, 11) is 0. The standard InChI is InChI=1S/C18H34/c1-12(2)16-10-9-11-18(14(5)6,15(7)8)17(16)13(3)4/h12-15H,9-11H2,1-8H3. The van der Waals surface area contributed by atoms with Gasteiger partial charge in [-0.1, -0.05) is 66.5 Å². The monoisotopic (exact) mass is 250 g/mol. The van der Waals surface area contributed by atoms with E-state index in [0.717, 1.165) is 17.8 Å². The summed E-state index contributed by atoms with van der Waals surface area (Å²) < 4.78 is 0. The maximum Gasteiger partial charge on any atom is -0.00367 e. The van der Waals surface area contributed by atoms with E-state index in [1.807, 2.05) is 5.57 Å². The van der Waals surface area contributed by atoms with Crippen LogP contribution in [0.3, 0.4) is 0 Å².